The summed E-state index contributed by atoms with van der Waals surface area (Å²) in [6.45, 7) is 0. The predicted molar refractivity (Wildman–Crippen MR) is 57.2 cm³/mol. The van der Waals surface area contributed by atoms with Crippen LogP contribution in [0.5, 0.6) is 0 Å². The van der Waals surface area contributed by atoms with Gasteiger partial charge < -0.3 is 5.11 Å². The van der Waals surface area contributed by atoms with Crippen LogP contribution in [0.15, 0.2) is 12.3 Å². The normalized spacial score (nSPS) is 22.5. The molecule has 0 atom stereocenters. The summed E-state index contributed by atoms with van der Waals surface area (Å²) < 4.78 is 0. The first-order valence-electron chi connectivity index (χ1n) is 5.79. The van der Waals surface area contributed by atoms with Gasteiger partial charge in [-0.15, -0.1) is 0 Å². The van der Waals surface area contributed by atoms with Gasteiger partial charge in [0, 0.05) is 17.8 Å². The van der Waals surface area contributed by atoms with Gasteiger partial charge in [-0.25, -0.2) is 9.97 Å². The molecule has 2 aliphatic rings. The van der Waals surface area contributed by atoms with Crippen LogP contribution in [0, 0.1) is 0 Å². The number of hydrogen-bond acceptors (Lipinski definition) is 3. The van der Waals surface area contributed by atoms with Gasteiger partial charge >= 0.3 is 5.97 Å². The fourth-order valence-corrected chi connectivity index (χ4v) is 2.19. The fourth-order valence-electron chi connectivity index (χ4n) is 2.19. The molecule has 0 spiro atoms. The van der Waals surface area contributed by atoms with Gasteiger partial charge in [0.25, 0.3) is 0 Å². The summed E-state index contributed by atoms with van der Waals surface area (Å²) >= 11 is 0. The van der Waals surface area contributed by atoms with E-state index in [0.717, 1.165) is 5.69 Å². The average Bonchev–Trinajstić information content (AvgIpc) is 2.95. The summed E-state index contributed by atoms with van der Waals surface area (Å²) in [5, 5.41) is 9.18. The van der Waals surface area contributed by atoms with E-state index in [1.807, 2.05) is 6.07 Å². The van der Waals surface area contributed by atoms with Crippen LogP contribution in [-0.4, -0.2) is 21.0 Å². The summed E-state index contributed by atoms with van der Waals surface area (Å²) in [6.07, 6.45) is 6.67. The van der Waals surface area contributed by atoms with Gasteiger partial charge in [0.15, 0.2) is 0 Å². The van der Waals surface area contributed by atoms with Gasteiger partial charge in [0.2, 0.25) is 0 Å². The van der Waals surface area contributed by atoms with Crippen molar-refractivity contribution in [1.82, 2.24) is 9.97 Å². The molecule has 0 radical (unpaired) electrons. The van der Waals surface area contributed by atoms with Crippen LogP contribution in [0.1, 0.15) is 49.5 Å². The smallest absolute Gasteiger partial charge is 0.317 e. The van der Waals surface area contributed by atoms with Crippen molar-refractivity contribution in [2.24, 2.45) is 0 Å². The van der Waals surface area contributed by atoms with E-state index in [-0.39, 0.29) is 0 Å². The van der Waals surface area contributed by atoms with Crippen LogP contribution in [-0.2, 0) is 10.2 Å². The maximum Gasteiger partial charge on any atom is 0.317 e. The highest BCUT2D eigenvalue weighted by Gasteiger charge is 2.54. The highest BCUT2D eigenvalue weighted by molar-refractivity contribution is 5.83. The molecule has 1 N–H and O–H groups in total. The number of carboxylic acids is 1. The molecule has 1 heterocycles. The molecule has 0 amide bonds. The third-order valence-electron chi connectivity index (χ3n) is 3.79. The molecule has 0 saturated heterocycles. The Morgan fingerprint density at radius 1 is 1.44 bits per heavy atom. The number of carbonyl (C=O) groups is 1. The maximum absolute atomic E-state index is 11.2. The van der Waals surface area contributed by atoms with Gasteiger partial charge in [0.05, 0.1) is 0 Å². The van der Waals surface area contributed by atoms with E-state index in [2.05, 4.69) is 9.97 Å². The Labute approximate surface area is 93.7 Å². The van der Waals surface area contributed by atoms with Crippen LogP contribution in [0.25, 0.3) is 0 Å². The molecule has 2 saturated carbocycles. The predicted octanol–water partition coefficient (Wildman–Crippen LogP) is 1.86. The van der Waals surface area contributed by atoms with Crippen molar-refractivity contribution in [3.63, 3.8) is 0 Å². The number of aromatic nitrogens is 2. The molecule has 4 heteroatoms. The fraction of sp³-hybridized carbons (Fsp3) is 0.583. The molecule has 2 fully saturated rings. The molecule has 0 aromatic carbocycles. The molecule has 3 rings (SSSR count). The zero-order chi connectivity index (χ0) is 11.2. The average molecular weight is 218 g/mol. The quantitative estimate of drug-likeness (QED) is 0.841. The Hall–Kier alpha value is -1.45. The zero-order valence-corrected chi connectivity index (χ0v) is 9.02. The molecule has 84 valence electrons. The van der Waals surface area contributed by atoms with E-state index in [9.17, 15) is 9.90 Å². The molecule has 0 unspecified atom stereocenters. The summed E-state index contributed by atoms with van der Waals surface area (Å²) in [6, 6.07) is 1.92. The summed E-state index contributed by atoms with van der Waals surface area (Å²) in [7, 11) is 0. The number of carboxylic acid groups (broad SMARTS) is 1. The number of nitrogens with zero attached hydrogens (tertiary/aromatic N) is 2. The van der Waals surface area contributed by atoms with Gasteiger partial charge in [-0.2, -0.15) is 0 Å². The minimum absolute atomic E-state index is 0.518. The van der Waals surface area contributed by atoms with Gasteiger partial charge in [-0.1, -0.05) is 6.42 Å². The number of hydrogen-bond donors (Lipinski definition) is 1. The number of rotatable bonds is 3. The molecule has 1 aromatic rings. The van der Waals surface area contributed by atoms with E-state index >= 15 is 0 Å². The summed E-state index contributed by atoms with van der Waals surface area (Å²) in [5.74, 6) is 0.272. The molecular formula is C12H14N2O2. The Morgan fingerprint density at radius 2 is 2.19 bits per heavy atom. The largest absolute Gasteiger partial charge is 0.480 e. The zero-order valence-electron chi connectivity index (χ0n) is 9.02. The SMILES string of the molecule is O=C(O)C1(c2nccc(C3CCC3)n2)CC1. The first-order chi connectivity index (χ1) is 7.72. The van der Waals surface area contributed by atoms with Crippen LogP contribution < -0.4 is 0 Å². The highest BCUT2D eigenvalue weighted by Crippen LogP contribution is 2.47. The molecular weight excluding hydrogens is 204 g/mol. The minimum atomic E-state index is -0.779. The Kier molecular flexibility index (Phi) is 1.99. The Morgan fingerprint density at radius 3 is 2.69 bits per heavy atom. The van der Waals surface area contributed by atoms with E-state index in [1.165, 1.54) is 19.3 Å². The second-order valence-corrected chi connectivity index (χ2v) is 4.82. The molecule has 0 aliphatic heterocycles. The third-order valence-corrected chi connectivity index (χ3v) is 3.79. The van der Waals surface area contributed by atoms with Crippen molar-refractivity contribution < 1.29 is 9.90 Å². The maximum atomic E-state index is 11.2. The molecule has 0 bridgehead atoms. The van der Waals surface area contributed by atoms with E-state index in [0.29, 0.717) is 24.6 Å². The second-order valence-electron chi connectivity index (χ2n) is 4.82. The van der Waals surface area contributed by atoms with Crippen molar-refractivity contribution in [1.29, 1.82) is 0 Å². The molecule has 2 aliphatic carbocycles. The lowest BCUT2D eigenvalue weighted by molar-refractivity contribution is -0.140. The van der Waals surface area contributed by atoms with Gasteiger partial charge in [-0.05, 0) is 31.7 Å². The van der Waals surface area contributed by atoms with Crippen molar-refractivity contribution >= 4 is 5.97 Å². The Balaban J connectivity index is 1.93. The molecule has 16 heavy (non-hydrogen) atoms. The van der Waals surface area contributed by atoms with Crippen molar-refractivity contribution in [2.45, 2.75) is 43.4 Å². The van der Waals surface area contributed by atoms with Crippen LogP contribution >= 0.6 is 0 Å². The molecule has 4 nitrogen and oxygen atoms in total. The van der Waals surface area contributed by atoms with Crippen LogP contribution in [0.4, 0.5) is 0 Å². The lowest BCUT2D eigenvalue weighted by Gasteiger charge is -2.25. The second kappa shape index (κ2) is 3.27. The number of aliphatic carboxylic acids is 1. The van der Waals surface area contributed by atoms with Gasteiger partial charge in [-0.3, -0.25) is 4.79 Å². The lowest BCUT2D eigenvalue weighted by Crippen LogP contribution is -2.24. The topological polar surface area (TPSA) is 63.1 Å². The van der Waals surface area contributed by atoms with Crippen molar-refractivity contribution in [2.75, 3.05) is 0 Å². The summed E-state index contributed by atoms with van der Waals surface area (Å²) in [4.78, 5) is 19.8. The van der Waals surface area contributed by atoms with E-state index in [1.54, 1.807) is 6.20 Å². The van der Waals surface area contributed by atoms with Crippen LogP contribution in [0.3, 0.4) is 0 Å². The standard InChI is InChI=1S/C12H14N2O2/c15-11(16)12(5-6-12)10-13-7-4-9(14-10)8-2-1-3-8/h4,7-8H,1-3,5-6H2,(H,15,16). The Bertz CT molecular complexity index is 436. The van der Waals surface area contributed by atoms with E-state index < -0.39 is 11.4 Å². The van der Waals surface area contributed by atoms with Gasteiger partial charge in [0.1, 0.15) is 11.2 Å². The third kappa shape index (κ3) is 1.32. The molecule has 1 aromatic heterocycles. The summed E-state index contributed by atoms with van der Waals surface area (Å²) in [5.41, 5.74) is 0.267. The lowest BCUT2D eigenvalue weighted by atomic mass is 9.83. The first-order valence-corrected chi connectivity index (χ1v) is 5.79. The van der Waals surface area contributed by atoms with Crippen molar-refractivity contribution in [3.8, 4) is 0 Å². The highest BCUT2D eigenvalue weighted by atomic mass is 16.4. The van der Waals surface area contributed by atoms with Crippen LogP contribution in [0.2, 0.25) is 0 Å². The van der Waals surface area contributed by atoms with Crippen molar-refractivity contribution in [3.05, 3.63) is 23.8 Å². The van der Waals surface area contributed by atoms with E-state index in [4.69, 9.17) is 0 Å². The first kappa shape index (κ1) is 9.75. The monoisotopic (exact) mass is 218 g/mol. The minimum Gasteiger partial charge on any atom is -0.480 e.